The first-order valence-corrected chi connectivity index (χ1v) is 6.37. The number of hydrogen-bond acceptors (Lipinski definition) is 3. The van der Waals surface area contributed by atoms with Crippen LogP contribution in [0.4, 0.5) is 0 Å². The van der Waals surface area contributed by atoms with E-state index in [2.05, 4.69) is 29.2 Å². The zero-order valence-corrected chi connectivity index (χ0v) is 10.5. The molecule has 1 unspecified atom stereocenters. The SMILES string of the molecule is COC1CCN(C(CN)c2ccccc2)CC1. The minimum atomic E-state index is 0.356. The average Bonchev–Trinajstić information content (AvgIpc) is 2.42. The number of nitrogens with two attached hydrogens (primary N) is 1. The van der Waals surface area contributed by atoms with Crippen LogP contribution < -0.4 is 5.73 Å². The van der Waals surface area contributed by atoms with E-state index in [4.69, 9.17) is 10.5 Å². The minimum absolute atomic E-state index is 0.356. The molecule has 0 aliphatic carbocycles. The van der Waals surface area contributed by atoms with Gasteiger partial charge >= 0.3 is 0 Å². The second kappa shape index (κ2) is 6.15. The molecule has 1 aliphatic rings. The highest BCUT2D eigenvalue weighted by atomic mass is 16.5. The normalized spacial score (nSPS) is 20.4. The largest absolute Gasteiger partial charge is 0.381 e. The maximum atomic E-state index is 5.93. The van der Waals surface area contributed by atoms with E-state index in [1.54, 1.807) is 7.11 Å². The molecule has 0 aromatic heterocycles. The summed E-state index contributed by atoms with van der Waals surface area (Å²) in [6, 6.07) is 10.9. The van der Waals surface area contributed by atoms with Crippen LogP contribution in [-0.2, 0) is 4.74 Å². The number of methoxy groups -OCH3 is 1. The molecule has 0 saturated carbocycles. The fraction of sp³-hybridized carbons (Fsp3) is 0.571. The van der Waals surface area contributed by atoms with Gasteiger partial charge in [0.2, 0.25) is 0 Å². The van der Waals surface area contributed by atoms with E-state index in [9.17, 15) is 0 Å². The number of piperidine rings is 1. The zero-order valence-electron chi connectivity index (χ0n) is 10.5. The van der Waals surface area contributed by atoms with Crippen molar-refractivity contribution in [2.75, 3.05) is 26.7 Å². The number of rotatable bonds is 4. The van der Waals surface area contributed by atoms with Crippen molar-refractivity contribution >= 4 is 0 Å². The fourth-order valence-corrected chi connectivity index (χ4v) is 2.59. The summed E-state index contributed by atoms with van der Waals surface area (Å²) in [4.78, 5) is 2.48. The van der Waals surface area contributed by atoms with Gasteiger partial charge < -0.3 is 10.5 Å². The topological polar surface area (TPSA) is 38.5 Å². The Labute approximate surface area is 104 Å². The molecule has 2 rings (SSSR count). The number of likely N-dealkylation sites (tertiary alicyclic amines) is 1. The van der Waals surface area contributed by atoms with E-state index in [-0.39, 0.29) is 0 Å². The Morgan fingerprint density at radius 1 is 1.29 bits per heavy atom. The van der Waals surface area contributed by atoms with Gasteiger partial charge in [0.15, 0.2) is 0 Å². The lowest BCUT2D eigenvalue weighted by atomic mass is 10.0. The van der Waals surface area contributed by atoms with Gasteiger partial charge in [0, 0.05) is 32.8 Å². The molecule has 1 heterocycles. The van der Waals surface area contributed by atoms with Crippen molar-refractivity contribution in [3.05, 3.63) is 35.9 Å². The summed E-state index contributed by atoms with van der Waals surface area (Å²) in [6.45, 7) is 2.84. The molecule has 0 amide bonds. The standard InChI is InChI=1S/C14H22N2O/c1-17-13-7-9-16(10-8-13)14(11-15)12-5-3-2-4-6-12/h2-6,13-14H,7-11,15H2,1H3. The summed E-state index contributed by atoms with van der Waals surface area (Å²) < 4.78 is 5.40. The molecule has 3 nitrogen and oxygen atoms in total. The summed E-state index contributed by atoms with van der Waals surface area (Å²) in [5.74, 6) is 0. The van der Waals surface area contributed by atoms with Gasteiger partial charge in [-0.05, 0) is 18.4 Å². The highest BCUT2D eigenvalue weighted by Gasteiger charge is 2.24. The van der Waals surface area contributed by atoms with E-state index >= 15 is 0 Å². The van der Waals surface area contributed by atoms with Crippen molar-refractivity contribution in [1.82, 2.24) is 4.90 Å². The van der Waals surface area contributed by atoms with E-state index in [0.29, 0.717) is 18.7 Å². The Bertz CT molecular complexity index is 320. The number of hydrogen-bond donors (Lipinski definition) is 1. The second-order valence-electron chi connectivity index (χ2n) is 4.63. The first-order chi connectivity index (χ1) is 8.35. The van der Waals surface area contributed by atoms with Crippen molar-refractivity contribution in [2.24, 2.45) is 5.73 Å². The van der Waals surface area contributed by atoms with Gasteiger partial charge in [-0.15, -0.1) is 0 Å². The molecule has 0 spiro atoms. The maximum Gasteiger partial charge on any atom is 0.0595 e. The third-order valence-electron chi connectivity index (χ3n) is 3.66. The van der Waals surface area contributed by atoms with Gasteiger partial charge in [0.25, 0.3) is 0 Å². The number of nitrogens with zero attached hydrogens (tertiary/aromatic N) is 1. The third-order valence-corrected chi connectivity index (χ3v) is 3.66. The zero-order chi connectivity index (χ0) is 12.1. The van der Waals surface area contributed by atoms with Gasteiger partial charge in [-0.25, -0.2) is 0 Å². The Kier molecular flexibility index (Phi) is 4.54. The first kappa shape index (κ1) is 12.6. The van der Waals surface area contributed by atoms with Gasteiger partial charge in [0.1, 0.15) is 0 Å². The van der Waals surface area contributed by atoms with Crippen LogP contribution in [0.5, 0.6) is 0 Å². The molecule has 94 valence electrons. The highest BCUT2D eigenvalue weighted by molar-refractivity contribution is 5.19. The smallest absolute Gasteiger partial charge is 0.0595 e. The summed E-state index contributed by atoms with van der Waals surface area (Å²) in [5.41, 5.74) is 7.25. The number of benzene rings is 1. The van der Waals surface area contributed by atoms with E-state index in [1.165, 1.54) is 5.56 Å². The molecule has 1 saturated heterocycles. The fourth-order valence-electron chi connectivity index (χ4n) is 2.59. The van der Waals surface area contributed by atoms with E-state index in [1.807, 2.05) is 6.07 Å². The molecule has 1 aliphatic heterocycles. The predicted octanol–water partition coefficient (Wildman–Crippen LogP) is 1.80. The van der Waals surface area contributed by atoms with Crippen LogP contribution in [0.15, 0.2) is 30.3 Å². The Hall–Kier alpha value is -0.900. The molecular weight excluding hydrogens is 212 g/mol. The van der Waals surface area contributed by atoms with Crippen LogP contribution >= 0.6 is 0 Å². The van der Waals surface area contributed by atoms with Gasteiger partial charge in [0.05, 0.1) is 6.10 Å². The maximum absolute atomic E-state index is 5.93. The van der Waals surface area contributed by atoms with Gasteiger partial charge in [-0.1, -0.05) is 30.3 Å². The molecule has 1 fully saturated rings. The minimum Gasteiger partial charge on any atom is -0.381 e. The van der Waals surface area contributed by atoms with Crippen LogP contribution in [0.25, 0.3) is 0 Å². The molecule has 1 aromatic carbocycles. The lowest BCUT2D eigenvalue weighted by Gasteiger charge is -2.36. The molecule has 17 heavy (non-hydrogen) atoms. The molecule has 0 bridgehead atoms. The van der Waals surface area contributed by atoms with Crippen LogP contribution in [-0.4, -0.2) is 37.7 Å². The molecule has 1 atom stereocenters. The number of ether oxygens (including phenoxy) is 1. The summed E-state index contributed by atoms with van der Waals surface area (Å²) >= 11 is 0. The molecule has 2 N–H and O–H groups in total. The quantitative estimate of drug-likeness (QED) is 0.863. The predicted molar refractivity (Wildman–Crippen MR) is 69.8 cm³/mol. The van der Waals surface area contributed by atoms with Crippen molar-refractivity contribution in [1.29, 1.82) is 0 Å². The summed E-state index contributed by atoms with van der Waals surface area (Å²) in [7, 11) is 1.80. The molecule has 0 radical (unpaired) electrons. The second-order valence-corrected chi connectivity index (χ2v) is 4.63. The average molecular weight is 234 g/mol. The molecular formula is C14H22N2O. The van der Waals surface area contributed by atoms with Gasteiger partial charge in [-0.2, -0.15) is 0 Å². The Morgan fingerprint density at radius 3 is 2.47 bits per heavy atom. The van der Waals surface area contributed by atoms with Crippen LogP contribution in [0.2, 0.25) is 0 Å². The summed E-state index contributed by atoms with van der Waals surface area (Å²) in [5, 5.41) is 0. The Balaban J connectivity index is 2.00. The van der Waals surface area contributed by atoms with Crippen molar-refractivity contribution in [3.63, 3.8) is 0 Å². The van der Waals surface area contributed by atoms with Crippen LogP contribution in [0, 0.1) is 0 Å². The molecule has 3 heteroatoms. The van der Waals surface area contributed by atoms with Crippen LogP contribution in [0.3, 0.4) is 0 Å². The lowest BCUT2D eigenvalue weighted by molar-refractivity contribution is 0.0280. The van der Waals surface area contributed by atoms with Crippen molar-refractivity contribution in [3.8, 4) is 0 Å². The van der Waals surface area contributed by atoms with Gasteiger partial charge in [-0.3, -0.25) is 4.90 Å². The molecule has 1 aromatic rings. The highest BCUT2D eigenvalue weighted by Crippen LogP contribution is 2.24. The lowest BCUT2D eigenvalue weighted by Crippen LogP contribution is -2.41. The van der Waals surface area contributed by atoms with Crippen molar-refractivity contribution in [2.45, 2.75) is 25.0 Å². The monoisotopic (exact) mass is 234 g/mol. The first-order valence-electron chi connectivity index (χ1n) is 6.37. The summed E-state index contributed by atoms with van der Waals surface area (Å²) in [6.07, 6.45) is 2.65. The van der Waals surface area contributed by atoms with E-state index < -0.39 is 0 Å². The third kappa shape index (κ3) is 3.06. The van der Waals surface area contributed by atoms with Crippen molar-refractivity contribution < 1.29 is 4.74 Å². The Morgan fingerprint density at radius 2 is 1.94 bits per heavy atom. The van der Waals surface area contributed by atoms with Crippen LogP contribution in [0.1, 0.15) is 24.4 Å². The van der Waals surface area contributed by atoms with E-state index in [0.717, 1.165) is 25.9 Å².